The Labute approximate surface area is 108 Å². The Morgan fingerprint density at radius 3 is 2.72 bits per heavy atom. The summed E-state index contributed by atoms with van der Waals surface area (Å²) >= 11 is 0. The summed E-state index contributed by atoms with van der Waals surface area (Å²) in [5.74, 6) is -0.162. The molecule has 1 aliphatic heterocycles. The predicted molar refractivity (Wildman–Crippen MR) is 71.4 cm³/mol. The van der Waals surface area contributed by atoms with Gasteiger partial charge in [0.1, 0.15) is 6.04 Å². The summed E-state index contributed by atoms with van der Waals surface area (Å²) in [5.41, 5.74) is 2.46. The predicted octanol–water partition coefficient (Wildman–Crippen LogP) is 2.54. The largest absolute Gasteiger partial charge is 0.480 e. The van der Waals surface area contributed by atoms with Gasteiger partial charge in [0, 0.05) is 13.1 Å². The molecule has 0 fully saturated rings. The van der Waals surface area contributed by atoms with E-state index in [0.717, 1.165) is 19.5 Å². The first-order valence-corrected chi connectivity index (χ1v) is 6.65. The number of carboxylic acids is 1. The van der Waals surface area contributed by atoms with E-state index in [1.807, 2.05) is 18.2 Å². The van der Waals surface area contributed by atoms with Gasteiger partial charge in [-0.2, -0.15) is 0 Å². The van der Waals surface area contributed by atoms with Gasteiger partial charge in [0.2, 0.25) is 0 Å². The van der Waals surface area contributed by atoms with E-state index in [1.165, 1.54) is 11.1 Å². The van der Waals surface area contributed by atoms with Gasteiger partial charge in [-0.1, -0.05) is 44.5 Å². The maximum Gasteiger partial charge on any atom is 0.321 e. The normalized spacial score (nSPS) is 21.3. The standard InChI is InChI=1S/C15H21NO2/c1-3-11(2)9-16-10-13-7-5-4-6-12(13)8-14(16)15(17)18/h4-7,11,14H,3,8-10H2,1-2H3,(H,17,18). The number of hydrogen-bond donors (Lipinski definition) is 1. The van der Waals surface area contributed by atoms with Gasteiger partial charge in [-0.3, -0.25) is 9.69 Å². The van der Waals surface area contributed by atoms with Gasteiger partial charge in [-0.15, -0.1) is 0 Å². The highest BCUT2D eigenvalue weighted by atomic mass is 16.4. The van der Waals surface area contributed by atoms with E-state index in [-0.39, 0.29) is 6.04 Å². The summed E-state index contributed by atoms with van der Waals surface area (Å²) in [5, 5.41) is 9.38. The van der Waals surface area contributed by atoms with Crippen LogP contribution >= 0.6 is 0 Å². The first-order chi connectivity index (χ1) is 8.61. The van der Waals surface area contributed by atoms with Crippen LogP contribution in [0, 0.1) is 5.92 Å². The lowest BCUT2D eigenvalue weighted by molar-refractivity contribution is -0.144. The second-order valence-electron chi connectivity index (χ2n) is 5.27. The average molecular weight is 247 g/mol. The van der Waals surface area contributed by atoms with E-state index < -0.39 is 5.97 Å². The van der Waals surface area contributed by atoms with Gasteiger partial charge in [0.15, 0.2) is 0 Å². The molecule has 98 valence electrons. The van der Waals surface area contributed by atoms with Gasteiger partial charge in [-0.25, -0.2) is 0 Å². The molecule has 1 aliphatic rings. The van der Waals surface area contributed by atoms with Crippen LogP contribution in [0.3, 0.4) is 0 Å². The molecule has 2 atom stereocenters. The van der Waals surface area contributed by atoms with Crippen molar-refractivity contribution in [3.8, 4) is 0 Å². The quantitative estimate of drug-likeness (QED) is 0.889. The van der Waals surface area contributed by atoms with E-state index in [2.05, 4.69) is 24.8 Å². The van der Waals surface area contributed by atoms with Crippen LogP contribution < -0.4 is 0 Å². The number of benzene rings is 1. The smallest absolute Gasteiger partial charge is 0.321 e. The fraction of sp³-hybridized carbons (Fsp3) is 0.533. The zero-order chi connectivity index (χ0) is 13.1. The highest BCUT2D eigenvalue weighted by molar-refractivity contribution is 5.74. The highest BCUT2D eigenvalue weighted by Crippen LogP contribution is 2.24. The number of carboxylic acid groups (broad SMARTS) is 1. The Morgan fingerprint density at radius 1 is 1.44 bits per heavy atom. The third kappa shape index (κ3) is 2.72. The number of hydrogen-bond acceptors (Lipinski definition) is 2. The topological polar surface area (TPSA) is 40.5 Å². The molecular formula is C15H21NO2. The first-order valence-electron chi connectivity index (χ1n) is 6.65. The number of rotatable bonds is 4. The van der Waals surface area contributed by atoms with E-state index in [4.69, 9.17) is 0 Å². The molecule has 1 N–H and O–H groups in total. The van der Waals surface area contributed by atoms with Gasteiger partial charge in [0.05, 0.1) is 0 Å². The lowest BCUT2D eigenvalue weighted by atomic mass is 9.93. The third-order valence-electron chi connectivity index (χ3n) is 3.87. The summed E-state index contributed by atoms with van der Waals surface area (Å²) in [4.78, 5) is 13.5. The lowest BCUT2D eigenvalue weighted by Gasteiger charge is -2.35. The zero-order valence-corrected chi connectivity index (χ0v) is 11.1. The summed E-state index contributed by atoms with van der Waals surface area (Å²) in [7, 11) is 0. The lowest BCUT2D eigenvalue weighted by Crippen LogP contribution is -2.47. The van der Waals surface area contributed by atoms with Crippen molar-refractivity contribution in [2.45, 2.75) is 39.3 Å². The molecule has 1 aromatic rings. The molecule has 0 amide bonds. The second kappa shape index (κ2) is 5.53. The van der Waals surface area contributed by atoms with Crippen LogP contribution in [0.15, 0.2) is 24.3 Å². The van der Waals surface area contributed by atoms with E-state index in [0.29, 0.717) is 12.3 Å². The van der Waals surface area contributed by atoms with Crippen molar-refractivity contribution in [1.82, 2.24) is 4.90 Å². The first kappa shape index (κ1) is 13.1. The summed E-state index contributed by atoms with van der Waals surface area (Å²) in [6.45, 7) is 5.96. The van der Waals surface area contributed by atoms with Gasteiger partial charge < -0.3 is 5.11 Å². The highest BCUT2D eigenvalue weighted by Gasteiger charge is 2.31. The fourth-order valence-electron chi connectivity index (χ4n) is 2.54. The van der Waals surface area contributed by atoms with Crippen LogP contribution in [-0.4, -0.2) is 28.6 Å². The van der Waals surface area contributed by atoms with E-state index >= 15 is 0 Å². The maximum atomic E-state index is 11.4. The SMILES string of the molecule is CCC(C)CN1Cc2ccccc2CC1C(=O)O. The Hall–Kier alpha value is -1.35. The molecule has 2 unspecified atom stereocenters. The van der Waals surface area contributed by atoms with Crippen LogP contribution in [0.1, 0.15) is 31.4 Å². The minimum Gasteiger partial charge on any atom is -0.480 e. The molecule has 3 nitrogen and oxygen atoms in total. The molecule has 1 heterocycles. The van der Waals surface area contributed by atoms with Crippen LogP contribution in [0.25, 0.3) is 0 Å². The molecule has 18 heavy (non-hydrogen) atoms. The van der Waals surface area contributed by atoms with Crippen molar-refractivity contribution in [2.24, 2.45) is 5.92 Å². The molecule has 3 heteroatoms. The van der Waals surface area contributed by atoms with Crippen LogP contribution in [0.2, 0.25) is 0 Å². The molecule has 0 spiro atoms. The van der Waals surface area contributed by atoms with Crippen molar-refractivity contribution < 1.29 is 9.90 Å². The van der Waals surface area contributed by atoms with Crippen molar-refractivity contribution in [2.75, 3.05) is 6.54 Å². The van der Waals surface area contributed by atoms with E-state index in [9.17, 15) is 9.90 Å². The van der Waals surface area contributed by atoms with Crippen molar-refractivity contribution >= 4 is 5.97 Å². The summed E-state index contributed by atoms with van der Waals surface area (Å²) in [6, 6.07) is 7.81. The van der Waals surface area contributed by atoms with Crippen molar-refractivity contribution in [3.05, 3.63) is 35.4 Å². The molecule has 0 saturated carbocycles. The number of aliphatic carboxylic acids is 1. The zero-order valence-electron chi connectivity index (χ0n) is 11.1. The average Bonchev–Trinajstić information content (AvgIpc) is 2.37. The minimum atomic E-state index is -0.701. The number of fused-ring (bicyclic) bond motifs is 1. The molecular weight excluding hydrogens is 226 g/mol. The molecule has 0 radical (unpaired) electrons. The molecule has 2 rings (SSSR count). The Bertz CT molecular complexity index is 430. The summed E-state index contributed by atoms with van der Waals surface area (Å²) in [6.07, 6.45) is 1.71. The monoisotopic (exact) mass is 247 g/mol. The van der Waals surface area contributed by atoms with Crippen LogP contribution in [0.5, 0.6) is 0 Å². The Kier molecular flexibility index (Phi) is 4.02. The fourth-order valence-corrected chi connectivity index (χ4v) is 2.54. The molecule has 1 aromatic carbocycles. The van der Waals surface area contributed by atoms with Gasteiger partial charge in [0.25, 0.3) is 0 Å². The number of nitrogens with zero attached hydrogens (tertiary/aromatic N) is 1. The van der Waals surface area contributed by atoms with Gasteiger partial charge >= 0.3 is 5.97 Å². The van der Waals surface area contributed by atoms with Crippen LogP contribution in [-0.2, 0) is 17.8 Å². The van der Waals surface area contributed by atoms with Crippen LogP contribution in [0.4, 0.5) is 0 Å². The number of carbonyl (C=O) groups is 1. The third-order valence-corrected chi connectivity index (χ3v) is 3.87. The molecule has 0 aliphatic carbocycles. The molecule has 0 aromatic heterocycles. The van der Waals surface area contributed by atoms with Crippen molar-refractivity contribution in [1.29, 1.82) is 0 Å². The van der Waals surface area contributed by atoms with E-state index in [1.54, 1.807) is 0 Å². The Morgan fingerprint density at radius 2 is 2.11 bits per heavy atom. The second-order valence-corrected chi connectivity index (χ2v) is 5.27. The molecule has 0 saturated heterocycles. The minimum absolute atomic E-state index is 0.367. The maximum absolute atomic E-state index is 11.4. The Balaban J connectivity index is 2.20. The molecule has 0 bridgehead atoms. The van der Waals surface area contributed by atoms with Gasteiger partial charge in [-0.05, 0) is 23.5 Å². The summed E-state index contributed by atoms with van der Waals surface area (Å²) < 4.78 is 0. The van der Waals surface area contributed by atoms with Crippen molar-refractivity contribution in [3.63, 3.8) is 0 Å².